The van der Waals surface area contributed by atoms with Crippen molar-refractivity contribution in [2.45, 2.75) is 6.92 Å². The van der Waals surface area contributed by atoms with Crippen molar-refractivity contribution in [3.05, 3.63) is 62.1 Å². The van der Waals surface area contributed by atoms with Gasteiger partial charge in [-0.3, -0.25) is 15.5 Å². The number of nitrogen functional groups attached to an aromatic ring is 1. The lowest BCUT2D eigenvalue weighted by Gasteiger charge is -2.12. The van der Waals surface area contributed by atoms with E-state index in [0.717, 1.165) is 5.56 Å². The SMILES string of the molecule is Cc1ccc(Oc2cccc([N+](=O)[O-])c2Br)c(C(=N)N)c1. The van der Waals surface area contributed by atoms with Crippen LogP contribution in [0.1, 0.15) is 11.1 Å². The summed E-state index contributed by atoms with van der Waals surface area (Å²) in [5, 5.41) is 18.5. The highest BCUT2D eigenvalue weighted by Gasteiger charge is 2.17. The smallest absolute Gasteiger partial charge is 0.287 e. The first-order valence-electron chi connectivity index (χ1n) is 5.96. The molecule has 6 nitrogen and oxygen atoms in total. The van der Waals surface area contributed by atoms with E-state index in [9.17, 15) is 10.1 Å². The average Bonchev–Trinajstić information content (AvgIpc) is 2.42. The summed E-state index contributed by atoms with van der Waals surface area (Å²) in [5.74, 6) is 0.528. The van der Waals surface area contributed by atoms with Crippen LogP contribution >= 0.6 is 15.9 Å². The lowest BCUT2D eigenvalue weighted by Crippen LogP contribution is -2.12. The normalized spacial score (nSPS) is 10.2. The van der Waals surface area contributed by atoms with Crippen LogP contribution in [0.15, 0.2) is 40.9 Å². The van der Waals surface area contributed by atoms with Gasteiger partial charge in [0.25, 0.3) is 5.69 Å². The van der Waals surface area contributed by atoms with Gasteiger partial charge in [-0.2, -0.15) is 0 Å². The first-order valence-corrected chi connectivity index (χ1v) is 6.75. The van der Waals surface area contributed by atoms with Crippen LogP contribution in [-0.4, -0.2) is 10.8 Å². The number of nitrogens with two attached hydrogens (primary N) is 1. The third kappa shape index (κ3) is 3.19. The van der Waals surface area contributed by atoms with Gasteiger partial charge in [-0.05, 0) is 41.1 Å². The lowest BCUT2D eigenvalue weighted by atomic mass is 10.1. The summed E-state index contributed by atoms with van der Waals surface area (Å²) in [6.07, 6.45) is 0. The lowest BCUT2D eigenvalue weighted by molar-refractivity contribution is -0.385. The standard InChI is InChI=1S/C14H12BrN3O3/c1-8-5-6-11(9(7-8)14(16)17)21-12-4-2-3-10(13(12)15)18(19)20/h2-7H,1H3,(H3,16,17). The topological polar surface area (TPSA) is 102 Å². The van der Waals surface area contributed by atoms with Crippen LogP contribution in [0.25, 0.3) is 0 Å². The van der Waals surface area contributed by atoms with Crippen LogP contribution in [0.2, 0.25) is 0 Å². The number of hydrogen-bond donors (Lipinski definition) is 2. The van der Waals surface area contributed by atoms with Crippen LogP contribution in [0, 0.1) is 22.4 Å². The molecule has 0 fully saturated rings. The summed E-state index contributed by atoms with van der Waals surface area (Å²) >= 11 is 3.16. The number of benzene rings is 2. The molecule has 108 valence electrons. The van der Waals surface area contributed by atoms with Crippen molar-refractivity contribution in [3.63, 3.8) is 0 Å². The Morgan fingerprint density at radius 2 is 2.05 bits per heavy atom. The highest BCUT2D eigenvalue weighted by atomic mass is 79.9. The largest absolute Gasteiger partial charge is 0.455 e. The predicted molar refractivity (Wildman–Crippen MR) is 83.1 cm³/mol. The van der Waals surface area contributed by atoms with Crippen LogP contribution in [0.4, 0.5) is 5.69 Å². The molecular weight excluding hydrogens is 338 g/mol. The molecule has 0 atom stereocenters. The Labute approximate surface area is 129 Å². The van der Waals surface area contributed by atoms with Gasteiger partial charge in [0.05, 0.1) is 10.5 Å². The van der Waals surface area contributed by atoms with Gasteiger partial charge >= 0.3 is 0 Å². The van der Waals surface area contributed by atoms with E-state index in [0.29, 0.717) is 11.3 Å². The van der Waals surface area contributed by atoms with Gasteiger partial charge in [-0.1, -0.05) is 17.7 Å². The molecule has 0 saturated heterocycles. The molecule has 7 heteroatoms. The minimum atomic E-state index is -0.502. The van der Waals surface area contributed by atoms with Gasteiger partial charge < -0.3 is 10.5 Å². The number of rotatable bonds is 4. The van der Waals surface area contributed by atoms with E-state index in [1.165, 1.54) is 12.1 Å². The minimum Gasteiger partial charge on any atom is -0.455 e. The maximum absolute atomic E-state index is 10.9. The molecule has 0 aliphatic carbocycles. The van der Waals surface area contributed by atoms with Crippen molar-refractivity contribution < 1.29 is 9.66 Å². The zero-order valence-electron chi connectivity index (χ0n) is 11.1. The fourth-order valence-electron chi connectivity index (χ4n) is 1.78. The van der Waals surface area contributed by atoms with E-state index in [4.69, 9.17) is 15.9 Å². The molecule has 0 aliphatic rings. The van der Waals surface area contributed by atoms with Gasteiger partial charge in [0.1, 0.15) is 21.8 Å². The summed E-state index contributed by atoms with van der Waals surface area (Å²) in [4.78, 5) is 10.4. The van der Waals surface area contributed by atoms with E-state index >= 15 is 0 Å². The van der Waals surface area contributed by atoms with Crippen molar-refractivity contribution in [2.24, 2.45) is 5.73 Å². The molecule has 0 aromatic heterocycles. The van der Waals surface area contributed by atoms with Crippen molar-refractivity contribution in [2.75, 3.05) is 0 Å². The van der Waals surface area contributed by atoms with Crippen LogP contribution < -0.4 is 10.5 Å². The van der Waals surface area contributed by atoms with Gasteiger partial charge in [0.15, 0.2) is 0 Å². The number of nitro groups is 1. The van der Waals surface area contributed by atoms with E-state index < -0.39 is 4.92 Å². The number of nitrogens with zero attached hydrogens (tertiary/aromatic N) is 1. The second-order valence-electron chi connectivity index (χ2n) is 4.36. The molecule has 0 unspecified atom stereocenters. The number of hydrogen-bond acceptors (Lipinski definition) is 4. The Kier molecular flexibility index (Phi) is 4.23. The third-order valence-electron chi connectivity index (χ3n) is 2.78. The maximum Gasteiger partial charge on any atom is 0.287 e. The number of nitrogens with one attached hydrogen (secondary N) is 1. The molecule has 0 radical (unpaired) electrons. The van der Waals surface area contributed by atoms with Crippen molar-refractivity contribution >= 4 is 27.5 Å². The predicted octanol–water partition coefficient (Wildman–Crippen LogP) is 3.74. The summed E-state index contributed by atoms with van der Waals surface area (Å²) in [5.41, 5.74) is 6.82. The van der Waals surface area contributed by atoms with E-state index in [-0.39, 0.29) is 21.7 Å². The number of nitro benzene ring substituents is 1. The monoisotopic (exact) mass is 349 g/mol. The van der Waals surface area contributed by atoms with Crippen LogP contribution in [0.3, 0.4) is 0 Å². The van der Waals surface area contributed by atoms with Crippen LogP contribution in [-0.2, 0) is 0 Å². The molecule has 0 saturated carbocycles. The average molecular weight is 350 g/mol. The van der Waals surface area contributed by atoms with Crippen molar-refractivity contribution in [1.82, 2.24) is 0 Å². The summed E-state index contributed by atoms with van der Waals surface area (Å²) < 4.78 is 5.92. The first-order chi connectivity index (χ1) is 9.90. The summed E-state index contributed by atoms with van der Waals surface area (Å²) in [6, 6.07) is 9.71. The quantitative estimate of drug-likeness (QED) is 0.379. The molecule has 0 heterocycles. The van der Waals surface area contributed by atoms with Crippen molar-refractivity contribution in [1.29, 1.82) is 5.41 Å². The molecular formula is C14H12BrN3O3. The Balaban J connectivity index is 2.46. The second-order valence-corrected chi connectivity index (χ2v) is 5.15. The van der Waals surface area contributed by atoms with E-state index in [2.05, 4.69) is 15.9 Å². The zero-order chi connectivity index (χ0) is 15.6. The number of amidine groups is 1. The van der Waals surface area contributed by atoms with Gasteiger partial charge in [0.2, 0.25) is 0 Å². The molecule has 21 heavy (non-hydrogen) atoms. The number of ether oxygens (including phenoxy) is 1. The van der Waals surface area contributed by atoms with Crippen LogP contribution in [0.5, 0.6) is 11.5 Å². The Morgan fingerprint density at radius 1 is 1.33 bits per heavy atom. The molecule has 0 aliphatic heterocycles. The third-order valence-corrected chi connectivity index (χ3v) is 3.58. The fraction of sp³-hybridized carbons (Fsp3) is 0.0714. The van der Waals surface area contributed by atoms with Crippen molar-refractivity contribution in [3.8, 4) is 11.5 Å². The maximum atomic E-state index is 10.9. The molecule has 0 spiro atoms. The van der Waals surface area contributed by atoms with Gasteiger partial charge in [0, 0.05) is 6.07 Å². The first kappa shape index (κ1) is 15.0. The second kappa shape index (κ2) is 5.92. The van der Waals surface area contributed by atoms with E-state index in [1.54, 1.807) is 18.2 Å². The summed E-state index contributed by atoms with van der Waals surface area (Å²) in [6.45, 7) is 1.87. The molecule has 2 aromatic rings. The highest BCUT2D eigenvalue weighted by molar-refractivity contribution is 9.10. The molecule has 2 aromatic carbocycles. The molecule has 2 rings (SSSR count). The summed E-state index contributed by atoms with van der Waals surface area (Å²) in [7, 11) is 0. The Hall–Kier alpha value is -2.41. The van der Waals surface area contributed by atoms with Gasteiger partial charge in [-0.25, -0.2) is 0 Å². The number of aryl methyl sites for hydroxylation is 1. The highest BCUT2D eigenvalue weighted by Crippen LogP contribution is 2.37. The molecule has 0 bridgehead atoms. The fourth-order valence-corrected chi connectivity index (χ4v) is 2.27. The Morgan fingerprint density at radius 3 is 2.67 bits per heavy atom. The Bertz CT molecular complexity index is 731. The zero-order valence-corrected chi connectivity index (χ0v) is 12.7. The van der Waals surface area contributed by atoms with E-state index in [1.807, 2.05) is 13.0 Å². The van der Waals surface area contributed by atoms with Gasteiger partial charge in [-0.15, -0.1) is 0 Å². The minimum absolute atomic E-state index is 0.0935. The molecule has 3 N–H and O–H groups in total. The number of halogens is 1. The molecule has 0 amide bonds.